The predicted molar refractivity (Wildman–Crippen MR) is 103 cm³/mol. The van der Waals surface area contributed by atoms with Crippen LogP contribution in [0.25, 0.3) is 11.1 Å². The lowest BCUT2D eigenvalue weighted by Crippen LogP contribution is -2.30. The summed E-state index contributed by atoms with van der Waals surface area (Å²) < 4.78 is 32.2. The first-order valence-electron chi connectivity index (χ1n) is 8.58. The summed E-state index contributed by atoms with van der Waals surface area (Å²) >= 11 is 1.18. The van der Waals surface area contributed by atoms with Crippen molar-refractivity contribution in [2.45, 2.75) is 37.8 Å². The van der Waals surface area contributed by atoms with E-state index >= 15 is 0 Å². The zero-order valence-corrected chi connectivity index (χ0v) is 17.1. The molecule has 1 aromatic heterocycles. The zero-order valence-electron chi connectivity index (χ0n) is 15.5. The normalized spacial score (nSPS) is 12.2. The number of fused-ring (bicyclic) bond motifs is 1. The van der Waals surface area contributed by atoms with E-state index in [0.29, 0.717) is 41.9 Å². The van der Waals surface area contributed by atoms with Crippen LogP contribution in [0.3, 0.4) is 0 Å². The van der Waals surface area contributed by atoms with Crippen LogP contribution >= 0.6 is 11.8 Å². The van der Waals surface area contributed by atoms with E-state index in [-0.39, 0.29) is 16.6 Å². The Morgan fingerprint density at radius 1 is 1.31 bits per heavy atom. The van der Waals surface area contributed by atoms with Gasteiger partial charge in [0, 0.05) is 19.6 Å². The fourth-order valence-electron chi connectivity index (χ4n) is 2.32. The third-order valence-electron chi connectivity index (χ3n) is 3.72. The van der Waals surface area contributed by atoms with Gasteiger partial charge in [-0.15, -0.1) is 0 Å². The molecule has 0 fully saturated rings. The van der Waals surface area contributed by atoms with Gasteiger partial charge in [0.2, 0.25) is 15.9 Å². The van der Waals surface area contributed by atoms with Gasteiger partial charge >= 0.3 is 0 Å². The van der Waals surface area contributed by atoms with Crippen LogP contribution in [0.4, 0.5) is 0 Å². The number of thioether (sulfide) groups is 1. The lowest BCUT2D eigenvalue weighted by molar-refractivity contribution is -0.118. The smallest absolute Gasteiger partial charge is 0.257 e. The standard InChI is InChI=1S/C17H25N3O4S2/c1-5-20(6-2)26(22,23)13-7-8-15-14(9-13)19-17(24-15)25-11-16(21)18-10-12(3)4/h7-9,12H,5-6,10-11H2,1-4H3,(H,18,21). The maximum atomic E-state index is 12.6. The quantitative estimate of drug-likeness (QED) is 0.652. The van der Waals surface area contributed by atoms with Crippen LogP contribution in [0, 0.1) is 5.92 Å². The first kappa shape index (κ1) is 20.7. The average Bonchev–Trinajstić information content (AvgIpc) is 3.01. The van der Waals surface area contributed by atoms with Crippen molar-refractivity contribution in [2.75, 3.05) is 25.4 Å². The summed E-state index contributed by atoms with van der Waals surface area (Å²) in [5.74, 6) is 0.500. The fraction of sp³-hybridized carbons (Fsp3) is 0.529. The number of rotatable bonds is 9. The third-order valence-corrected chi connectivity index (χ3v) is 6.59. The Hall–Kier alpha value is -1.58. The molecule has 7 nitrogen and oxygen atoms in total. The highest BCUT2D eigenvalue weighted by Gasteiger charge is 2.22. The molecule has 1 N–H and O–H groups in total. The first-order valence-corrected chi connectivity index (χ1v) is 11.0. The van der Waals surface area contributed by atoms with E-state index in [1.165, 1.54) is 28.2 Å². The van der Waals surface area contributed by atoms with Gasteiger partial charge in [-0.25, -0.2) is 13.4 Å². The van der Waals surface area contributed by atoms with E-state index in [1.54, 1.807) is 19.9 Å². The molecule has 0 unspecified atom stereocenters. The van der Waals surface area contributed by atoms with E-state index in [9.17, 15) is 13.2 Å². The Bertz CT molecular complexity index is 858. The summed E-state index contributed by atoms with van der Waals surface area (Å²) in [6.45, 7) is 9.09. The van der Waals surface area contributed by atoms with E-state index in [4.69, 9.17) is 4.42 Å². The monoisotopic (exact) mass is 399 g/mol. The van der Waals surface area contributed by atoms with E-state index in [0.717, 1.165) is 0 Å². The maximum absolute atomic E-state index is 12.6. The van der Waals surface area contributed by atoms with Gasteiger partial charge in [0.25, 0.3) is 5.22 Å². The lowest BCUT2D eigenvalue weighted by atomic mass is 10.2. The molecular formula is C17H25N3O4S2. The van der Waals surface area contributed by atoms with E-state index < -0.39 is 10.0 Å². The van der Waals surface area contributed by atoms with E-state index in [2.05, 4.69) is 10.3 Å². The summed E-state index contributed by atoms with van der Waals surface area (Å²) in [6, 6.07) is 4.63. The molecule has 2 aromatic rings. The molecule has 0 radical (unpaired) electrons. The highest BCUT2D eigenvalue weighted by atomic mass is 32.2. The van der Waals surface area contributed by atoms with Crippen molar-refractivity contribution in [2.24, 2.45) is 5.92 Å². The van der Waals surface area contributed by atoms with Crippen molar-refractivity contribution < 1.29 is 17.6 Å². The summed E-state index contributed by atoms with van der Waals surface area (Å²) in [7, 11) is -3.54. The molecule has 0 aliphatic carbocycles. The van der Waals surface area contributed by atoms with Gasteiger partial charge in [-0.3, -0.25) is 4.79 Å². The molecule has 0 saturated carbocycles. The van der Waals surface area contributed by atoms with Crippen LogP contribution in [-0.2, 0) is 14.8 Å². The minimum Gasteiger partial charge on any atom is -0.431 e. The van der Waals surface area contributed by atoms with Gasteiger partial charge in [0.1, 0.15) is 5.52 Å². The number of carbonyl (C=O) groups is 1. The number of aromatic nitrogens is 1. The Labute approximate surface area is 158 Å². The topological polar surface area (TPSA) is 92.5 Å². The molecule has 144 valence electrons. The Morgan fingerprint density at radius 2 is 2.00 bits per heavy atom. The van der Waals surface area contributed by atoms with Gasteiger partial charge in [0.05, 0.1) is 10.6 Å². The minimum atomic E-state index is -3.54. The molecule has 0 aliphatic rings. The summed E-state index contributed by atoms with van der Waals surface area (Å²) in [6.07, 6.45) is 0. The van der Waals surface area contributed by atoms with Crippen LogP contribution in [0.5, 0.6) is 0 Å². The van der Waals surface area contributed by atoms with Crippen LogP contribution in [0.2, 0.25) is 0 Å². The molecule has 1 amide bonds. The molecule has 9 heteroatoms. The Balaban J connectivity index is 2.13. The number of nitrogens with one attached hydrogen (secondary N) is 1. The van der Waals surface area contributed by atoms with Gasteiger partial charge in [-0.2, -0.15) is 4.31 Å². The van der Waals surface area contributed by atoms with E-state index in [1.807, 2.05) is 13.8 Å². The first-order chi connectivity index (χ1) is 12.3. The SMILES string of the molecule is CCN(CC)S(=O)(=O)c1ccc2oc(SCC(=O)NCC(C)C)nc2c1. The zero-order chi connectivity index (χ0) is 19.3. The maximum Gasteiger partial charge on any atom is 0.257 e. The molecule has 2 rings (SSSR count). The highest BCUT2D eigenvalue weighted by molar-refractivity contribution is 7.99. The number of hydrogen-bond donors (Lipinski definition) is 1. The molecule has 26 heavy (non-hydrogen) atoms. The number of sulfonamides is 1. The second-order valence-corrected chi connectivity index (χ2v) is 9.05. The van der Waals surface area contributed by atoms with Gasteiger partial charge < -0.3 is 9.73 Å². The van der Waals surface area contributed by atoms with Crippen molar-refractivity contribution in [3.05, 3.63) is 18.2 Å². The molecule has 1 aromatic carbocycles. The van der Waals surface area contributed by atoms with Crippen LogP contribution < -0.4 is 5.32 Å². The Morgan fingerprint density at radius 3 is 2.62 bits per heavy atom. The summed E-state index contributed by atoms with van der Waals surface area (Å²) in [4.78, 5) is 16.3. The van der Waals surface area contributed by atoms with Gasteiger partial charge in [0.15, 0.2) is 5.58 Å². The van der Waals surface area contributed by atoms with Crippen molar-refractivity contribution >= 4 is 38.8 Å². The fourth-order valence-corrected chi connectivity index (χ4v) is 4.46. The minimum absolute atomic E-state index is 0.0873. The second kappa shape index (κ2) is 8.88. The number of oxazole rings is 1. The van der Waals surface area contributed by atoms with Crippen molar-refractivity contribution in [1.29, 1.82) is 0 Å². The number of amides is 1. The van der Waals surface area contributed by atoms with Gasteiger partial charge in [-0.05, 0) is 24.1 Å². The Kier molecular flexibility index (Phi) is 7.08. The molecule has 0 aliphatic heterocycles. The average molecular weight is 400 g/mol. The number of benzene rings is 1. The number of carbonyl (C=O) groups excluding carboxylic acids is 1. The van der Waals surface area contributed by atoms with Crippen LogP contribution in [-0.4, -0.2) is 49.0 Å². The molecule has 1 heterocycles. The largest absolute Gasteiger partial charge is 0.431 e. The van der Waals surface area contributed by atoms with Crippen molar-refractivity contribution in [3.8, 4) is 0 Å². The predicted octanol–water partition coefficient (Wildman–Crippen LogP) is 2.72. The molecule has 0 saturated heterocycles. The third kappa shape index (κ3) is 4.99. The summed E-state index contributed by atoms with van der Waals surface area (Å²) in [5, 5.41) is 3.17. The lowest BCUT2D eigenvalue weighted by Gasteiger charge is -2.18. The summed E-state index contributed by atoms with van der Waals surface area (Å²) in [5.41, 5.74) is 0.955. The molecule has 0 spiro atoms. The molecular weight excluding hydrogens is 374 g/mol. The van der Waals surface area contributed by atoms with Crippen LogP contribution in [0.15, 0.2) is 32.7 Å². The number of hydrogen-bond acceptors (Lipinski definition) is 6. The van der Waals surface area contributed by atoms with Crippen LogP contribution in [0.1, 0.15) is 27.7 Å². The highest BCUT2D eigenvalue weighted by Crippen LogP contribution is 2.26. The number of nitrogens with zero attached hydrogens (tertiary/aromatic N) is 2. The second-order valence-electron chi connectivity index (χ2n) is 6.19. The van der Waals surface area contributed by atoms with Gasteiger partial charge in [-0.1, -0.05) is 39.5 Å². The molecule has 0 bridgehead atoms. The molecule has 0 atom stereocenters. The van der Waals surface area contributed by atoms with Crippen molar-refractivity contribution in [3.63, 3.8) is 0 Å². The van der Waals surface area contributed by atoms with Crippen molar-refractivity contribution in [1.82, 2.24) is 14.6 Å².